The van der Waals surface area contributed by atoms with Gasteiger partial charge in [0, 0.05) is 18.8 Å². The standard InChI is InChI=1S/C27H29NO4/c29-22(15-20-11-5-7-13-24(20)30)16-21(14-18-8-2-1-3-9-18)27(32)28-26-23-12-6-4-10-19(23)17-25(26)31/h1-13,21-22,25-26,29-31H,14-17H2,(H,28,32)/t21-,22+,25+,26?/m0/s1. The van der Waals surface area contributed by atoms with Crippen LogP contribution in [0.2, 0.25) is 0 Å². The lowest BCUT2D eigenvalue weighted by molar-refractivity contribution is -0.127. The normalized spacial score (nSPS) is 19.2. The van der Waals surface area contributed by atoms with Gasteiger partial charge in [0.2, 0.25) is 5.91 Å². The maximum Gasteiger partial charge on any atom is 0.224 e. The molecule has 0 aliphatic heterocycles. The van der Waals surface area contributed by atoms with Crippen LogP contribution in [0.25, 0.3) is 0 Å². The summed E-state index contributed by atoms with van der Waals surface area (Å²) in [6, 6.07) is 23.9. The Hall–Kier alpha value is -3.15. The summed E-state index contributed by atoms with van der Waals surface area (Å²) in [5.41, 5.74) is 3.65. The smallest absolute Gasteiger partial charge is 0.224 e. The lowest BCUT2D eigenvalue weighted by Crippen LogP contribution is -2.39. The SMILES string of the molecule is O=C(NC1c2ccccc2C[C@H]1O)[C@@H](Cc1ccccc1)C[C@H](O)Cc1ccccc1O. The molecule has 5 heteroatoms. The van der Waals surface area contributed by atoms with Gasteiger partial charge in [0.15, 0.2) is 0 Å². The first-order valence-corrected chi connectivity index (χ1v) is 11.1. The summed E-state index contributed by atoms with van der Waals surface area (Å²) in [7, 11) is 0. The molecule has 1 unspecified atom stereocenters. The van der Waals surface area contributed by atoms with E-state index in [1.165, 1.54) is 0 Å². The van der Waals surface area contributed by atoms with Crippen LogP contribution in [0.15, 0.2) is 78.9 Å². The molecule has 1 amide bonds. The molecular weight excluding hydrogens is 402 g/mol. The van der Waals surface area contributed by atoms with Gasteiger partial charge in [-0.15, -0.1) is 0 Å². The van der Waals surface area contributed by atoms with Gasteiger partial charge in [0.05, 0.1) is 18.2 Å². The minimum absolute atomic E-state index is 0.140. The number of para-hydroxylation sites is 1. The molecule has 4 rings (SSSR count). The van der Waals surface area contributed by atoms with E-state index in [1.54, 1.807) is 18.2 Å². The van der Waals surface area contributed by atoms with Crippen molar-refractivity contribution in [3.8, 4) is 5.75 Å². The number of phenols is 1. The van der Waals surface area contributed by atoms with Crippen LogP contribution in [0.4, 0.5) is 0 Å². The number of carbonyl (C=O) groups is 1. The van der Waals surface area contributed by atoms with Crippen molar-refractivity contribution in [1.82, 2.24) is 5.32 Å². The Morgan fingerprint density at radius 3 is 2.41 bits per heavy atom. The number of aromatic hydroxyl groups is 1. The van der Waals surface area contributed by atoms with Crippen molar-refractivity contribution >= 4 is 5.91 Å². The van der Waals surface area contributed by atoms with Gasteiger partial charge in [-0.3, -0.25) is 4.79 Å². The number of aliphatic hydroxyl groups is 2. The third-order valence-electron chi connectivity index (χ3n) is 6.20. The molecule has 0 aromatic heterocycles. The van der Waals surface area contributed by atoms with Crippen LogP contribution >= 0.6 is 0 Å². The average molecular weight is 432 g/mol. The molecular formula is C27H29NO4. The summed E-state index contributed by atoms with van der Waals surface area (Å²) in [6.07, 6.45) is 0.0538. The van der Waals surface area contributed by atoms with Gasteiger partial charge in [-0.1, -0.05) is 72.8 Å². The quantitative estimate of drug-likeness (QED) is 0.441. The van der Waals surface area contributed by atoms with Crippen molar-refractivity contribution in [3.63, 3.8) is 0 Å². The number of benzene rings is 3. The van der Waals surface area contributed by atoms with Gasteiger partial charge in [-0.2, -0.15) is 0 Å². The van der Waals surface area contributed by atoms with Crippen LogP contribution in [0, 0.1) is 5.92 Å². The van der Waals surface area contributed by atoms with Crippen molar-refractivity contribution in [3.05, 3.63) is 101 Å². The van der Waals surface area contributed by atoms with Crippen molar-refractivity contribution in [2.75, 3.05) is 0 Å². The van der Waals surface area contributed by atoms with Crippen LogP contribution in [0.1, 0.15) is 34.7 Å². The Morgan fingerprint density at radius 2 is 1.62 bits per heavy atom. The molecule has 5 nitrogen and oxygen atoms in total. The van der Waals surface area contributed by atoms with Crippen LogP contribution in [-0.2, 0) is 24.1 Å². The fourth-order valence-electron chi connectivity index (χ4n) is 4.55. The zero-order chi connectivity index (χ0) is 22.5. The predicted molar refractivity (Wildman–Crippen MR) is 123 cm³/mol. The molecule has 1 aliphatic rings. The van der Waals surface area contributed by atoms with E-state index in [0.29, 0.717) is 18.4 Å². The molecule has 0 bridgehead atoms. The fraction of sp³-hybridized carbons (Fsp3) is 0.296. The zero-order valence-electron chi connectivity index (χ0n) is 17.9. The number of rotatable bonds is 8. The second kappa shape index (κ2) is 9.98. The summed E-state index contributed by atoms with van der Waals surface area (Å²) >= 11 is 0. The Kier molecular flexibility index (Phi) is 6.88. The molecule has 0 saturated carbocycles. The highest BCUT2D eigenvalue weighted by molar-refractivity contribution is 5.79. The molecule has 32 heavy (non-hydrogen) atoms. The monoisotopic (exact) mass is 431 g/mol. The van der Waals surface area contributed by atoms with Crippen LogP contribution in [0.5, 0.6) is 5.75 Å². The molecule has 0 spiro atoms. The number of aliphatic hydroxyl groups excluding tert-OH is 2. The first-order chi connectivity index (χ1) is 15.5. The van der Waals surface area contributed by atoms with E-state index < -0.39 is 24.2 Å². The molecule has 0 fully saturated rings. The third-order valence-corrected chi connectivity index (χ3v) is 6.20. The van der Waals surface area contributed by atoms with Crippen molar-refractivity contribution < 1.29 is 20.1 Å². The van der Waals surface area contributed by atoms with E-state index in [-0.39, 0.29) is 24.5 Å². The van der Waals surface area contributed by atoms with Crippen molar-refractivity contribution in [2.24, 2.45) is 5.92 Å². The minimum atomic E-state index is -0.788. The molecule has 3 aromatic rings. The van der Waals surface area contributed by atoms with Crippen LogP contribution in [0.3, 0.4) is 0 Å². The second-order valence-corrected chi connectivity index (χ2v) is 8.57. The number of hydrogen-bond acceptors (Lipinski definition) is 4. The molecule has 166 valence electrons. The molecule has 0 saturated heterocycles. The van der Waals surface area contributed by atoms with Crippen LogP contribution < -0.4 is 5.32 Å². The molecule has 4 atom stereocenters. The molecule has 0 radical (unpaired) electrons. The second-order valence-electron chi connectivity index (χ2n) is 8.57. The Bertz CT molecular complexity index is 1050. The number of fused-ring (bicyclic) bond motifs is 1. The fourth-order valence-corrected chi connectivity index (χ4v) is 4.55. The number of phenolic OH excluding ortho intramolecular Hbond substituents is 1. The van der Waals surface area contributed by atoms with Gasteiger partial charge in [-0.05, 0) is 41.2 Å². The number of carbonyl (C=O) groups excluding carboxylic acids is 1. The Balaban J connectivity index is 1.50. The van der Waals surface area contributed by atoms with E-state index in [4.69, 9.17) is 0 Å². The first-order valence-electron chi connectivity index (χ1n) is 11.1. The van der Waals surface area contributed by atoms with E-state index in [0.717, 1.165) is 16.7 Å². The molecule has 4 N–H and O–H groups in total. The van der Waals surface area contributed by atoms with Crippen molar-refractivity contribution in [2.45, 2.75) is 43.9 Å². The molecule has 3 aromatic carbocycles. The zero-order valence-corrected chi connectivity index (χ0v) is 17.9. The van der Waals surface area contributed by atoms with E-state index >= 15 is 0 Å². The topological polar surface area (TPSA) is 89.8 Å². The predicted octanol–water partition coefficient (Wildman–Crippen LogP) is 3.32. The minimum Gasteiger partial charge on any atom is -0.508 e. The highest BCUT2D eigenvalue weighted by atomic mass is 16.3. The Morgan fingerprint density at radius 1 is 0.938 bits per heavy atom. The summed E-state index contributed by atoms with van der Waals surface area (Å²) in [4.78, 5) is 13.3. The largest absolute Gasteiger partial charge is 0.508 e. The summed E-state index contributed by atoms with van der Waals surface area (Å²) in [5, 5.41) is 34.4. The Labute approximate surface area is 188 Å². The van der Waals surface area contributed by atoms with Gasteiger partial charge in [-0.25, -0.2) is 0 Å². The number of nitrogens with one attached hydrogen (secondary N) is 1. The van der Waals surface area contributed by atoms with Crippen LogP contribution in [-0.4, -0.2) is 33.4 Å². The van der Waals surface area contributed by atoms with Gasteiger partial charge in [0.25, 0.3) is 0 Å². The lowest BCUT2D eigenvalue weighted by Gasteiger charge is -2.24. The number of amides is 1. The summed E-state index contributed by atoms with van der Waals surface area (Å²) in [5.74, 6) is -0.523. The highest BCUT2D eigenvalue weighted by Crippen LogP contribution is 2.32. The third kappa shape index (κ3) is 5.18. The van der Waals surface area contributed by atoms with Gasteiger partial charge < -0.3 is 20.6 Å². The van der Waals surface area contributed by atoms with E-state index in [1.807, 2.05) is 60.7 Å². The number of hydrogen-bond donors (Lipinski definition) is 4. The first kappa shape index (κ1) is 22.1. The molecule has 0 heterocycles. The average Bonchev–Trinajstić information content (AvgIpc) is 3.10. The van der Waals surface area contributed by atoms with Gasteiger partial charge >= 0.3 is 0 Å². The van der Waals surface area contributed by atoms with E-state index in [2.05, 4.69) is 5.32 Å². The van der Waals surface area contributed by atoms with Gasteiger partial charge in [0.1, 0.15) is 5.75 Å². The van der Waals surface area contributed by atoms with E-state index in [9.17, 15) is 20.1 Å². The molecule has 1 aliphatic carbocycles. The lowest BCUT2D eigenvalue weighted by atomic mass is 9.90. The maximum absolute atomic E-state index is 13.3. The highest BCUT2D eigenvalue weighted by Gasteiger charge is 2.34. The van der Waals surface area contributed by atoms with Crippen molar-refractivity contribution in [1.29, 1.82) is 0 Å². The summed E-state index contributed by atoms with van der Waals surface area (Å²) < 4.78 is 0. The summed E-state index contributed by atoms with van der Waals surface area (Å²) in [6.45, 7) is 0. The maximum atomic E-state index is 13.3.